The van der Waals surface area contributed by atoms with Crippen LogP contribution in [0.5, 0.6) is 0 Å². The maximum Gasteiger partial charge on any atom is -0.00201 e. The molecule has 14 aromatic rings. The Morgan fingerprint density at radius 3 is 0.815 bits per heavy atom. The van der Waals surface area contributed by atoms with Crippen LogP contribution in [0, 0.1) is 35.5 Å². The molecule has 14 aromatic carbocycles. The predicted octanol–water partition coefficient (Wildman–Crippen LogP) is 25.5. The molecule has 448 valence electrons. The van der Waals surface area contributed by atoms with Gasteiger partial charge in [0.1, 0.15) is 0 Å². The van der Waals surface area contributed by atoms with Gasteiger partial charge in [-0.3, -0.25) is 0 Å². The Balaban J connectivity index is 0.000000140. The van der Waals surface area contributed by atoms with Crippen LogP contribution in [0.4, 0.5) is 0 Å². The summed E-state index contributed by atoms with van der Waals surface area (Å²) in [5.41, 5.74) is 16.3. The fourth-order valence-electron chi connectivity index (χ4n) is 21.9. The summed E-state index contributed by atoms with van der Waals surface area (Å²) in [7, 11) is 0. The van der Waals surface area contributed by atoms with Crippen LogP contribution in [-0.4, -0.2) is 0 Å². The van der Waals surface area contributed by atoms with E-state index in [1.807, 2.05) is 0 Å². The zero-order chi connectivity index (χ0) is 61.0. The predicted molar refractivity (Wildman–Crippen MR) is 393 cm³/mol. The van der Waals surface area contributed by atoms with Crippen LogP contribution in [0.3, 0.4) is 0 Å². The molecule has 8 saturated carbocycles. The average molecular weight is 1190 g/mol. The topological polar surface area (TPSA) is 0 Å². The lowest BCUT2D eigenvalue weighted by molar-refractivity contribution is -0.00462. The number of fused-ring (bicyclic) bond motifs is 8. The van der Waals surface area contributed by atoms with Gasteiger partial charge in [-0.1, -0.05) is 269 Å². The second-order valence-electron chi connectivity index (χ2n) is 31.0. The molecule has 0 N–H and O–H groups in total. The molecule has 0 amide bonds. The minimum Gasteiger partial charge on any atom is -0.0616 e. The van der Waals surface area contributed by atoms with Gasteiger partial charge in [-0.15, -0.1) is 0 Å². The van der Waals surface area contributed by atoms with E-state index in [1.165, 1.54) is 213 Å². The van der Waals surface area contributed by atoms with Crippen molar-refractivity contribution >= 4 is 86.2 Å². The molecule has 8 fully saturated rings. The highest BCUT2D eigenvalue weighted by Crippen LogP contribution is 2.64. The third-order valence-corrected chi connectivity index (χ3v) is 24.5. The molecular weight excluding hydrogens is 1110 g/mol. The maximum atomic E-state index is 2.60. The van der Waals surface area contributed by atoms with Crippen molar-refractivity contribution in [3.8, 4) is 44.5 Å². The third-order valence-electron chi connectivity index (χ3n) is 24.5. The highest BCUT2D eigenvalue weighted by atomic mass is 14.6. The molecule has 92 heavy (non-hydrogen) atoms. The van der Waals surface area contributed by atoms with Crippen LogP contribution in [0.2, 0.25) is 0 Å². The first-order valence-electron chi connectivity index (χ1n) is 35.1. The fraction of sp³-hybridized carbons (Fsp3) is 0.261. The Hall–Kier alpha value is -8.84. The molecule has 0 aromatic heterocycles. The Morgan fingerprint density at radius 2 is 0.478 bits per heavy atom. The van der Waals surface area contributed by atoms with Gasteiger partial charge in [0.2, 0.25) is 0 Å². The summed E-state index contributed by atoms with van der Waals surface area (Å²) in [6.45, 7) is 6.91. The van der Waals surface area contributed by atoms with E-state index in [0.717, 1.165) is 35.5 Å². The zero-order valence-electron chi connectivity index (χ0n) is 53.6. The van der Waals surface area contributed by atoms with Gasteiger partial charge in [0.25, 0.3) is 0 Å². The van der Waals surface area contributed by atoms with Crippen LogP contribution < -0.4 is 0 Å². The van der Waals surface area contributed by atoms with E-state index >= 15 is 0 Å². The van der Waals surface area contributed by atoms with Crippen LogP contribution >= 0.6 is 0 Å². The van der Waals surface area contributed by atoms with Gasteiger partial charge in [-0.05, 0) is 276 Å². The van der Waals surface area contributed by atoms with E-state index in [0.29, 0.717) is 10.8 Å². The van der Waals surface area contributed by atoms with Crippen LogP contribution in [0.25, 0.3) is 131 Å². The summed E-state index contributed by atoms with van der Waals surface area (Å²) in [6.07, 6.45) is 17.3. The van der Waals surface area contributed by atoms with E-state index in [2.05, 4.69) is 269 Å². The van der Waals surface area contributed by atoms with E-state index < -0.39 is 0 Å². The van der Waals surface area contributed by atoms with E-state index in [-0.39, 0.29) is 5.41 Å². The minimum absolute atomic E-state index is 0.0699. The highest BCUT2D eigenvalue weighted by molar-refractivity contribution is 6.27. The molecule has 0 atom stereocenters. The van der Waals surface area contributed by atoms with Crippen molar-refractivity contribution < 1.29 is 0 Å². The molecule has 0 unspecified atom stereocenters. The summed E-state index contributed by atoms with van der Waals surface area (Å²) >= 11 is 0. The van der Waals surface area contributed by atoms with E-state index in [1.54, 1.807) is 11.1 Å². The molecule has 8 aliphatic rings. The third kappa shape index (κ3) is 8.47. The molecule has 22 rings (SSSR count). The Bertz CT molecular complexity index is 4980. The minimum atomic E-state index is 0.0699. The Morgan fingerprint density at radius 1 is 0.228 bits per heavy atom. The lowest BCUT2D eigenvalue weighted by Gasteiger charge is -2.57. The van der Waals surface area contributed by atoms with Gasteiger partial charge in [0.15, 0.2) is 0 Å². The molecule has 0 radical (unpaired) electrons. The number of hydrogen-bond donors (Lipinski definition) is 0. The van der Waals surface area contributed by atoms with Gasteiger partial charge >= 0.3 is 0 Å². The fourth-order valence-corrected chi connectivity index (χ4v) is 21.9. The summed E-state index contributed by atoms with van der Waals surface area (Å²) in [5, 5.41) is 21.7. The normalized spacial score (nSPS) is 23.8. The maximum absolute atomic E-state index is 2.60. The molecule has 0 heterocycles. The van der Waals surface area contributed by atoms with Gasteiger partial charge in [0.05, 0.1) is 0 Å². The molecular formula is C92H80. The van der Waals surface area contributed by atoms with Crippen molar-refractivity contribution in [1.82, 2.24) is 0 Å². The lowest BCUT2D eigenvalue weighted by Crippen LogP contribution is -2.48. The second-order valence-corrected chi connectivity index (χ2v) is 31.0. The Labute approximate surface area is 542 Å². The molecule has 8 bridgehead atoms. The number of hydrogen-bond acceptors (Lipinski definition) is 0. The zero-order valence-corrected chi connectivity index (χ0v) is 53.6. The van der Waals surface area contributed by atoms with Crippen molar-refractivity contribution in [2.24, 2.45) is 35.5 Å². The molecule has 0 aliphatic heterocycles. The molecule has 0 saturated heterocycles. The largest absolute Gasteiger partial charge is 0.0616 e. The van der Waals surface area contributed by atoms with Crippen molar-refractivity contribution in [1.29, 1.82) is 0 Å². The molecule has 0 heteroatoms. The lowest BCUT2D eigenvalue weighted by atomic mass is 9.47. The second kappa shape index (κ2) is 20.8. The summed E-state index contributed by atoms with van der Waals surface area (Å²) < 4.78 is 0. The van der Waals surface area contributed by atoms with Gasteiger partial charge in [-0.25, -0.2) is 0 Å². The highest BCUT2D eigenvalue weighted by Gasteiger charge is 2.53. The Kier molecular flexibility index (Phi) is 12.4. The van der Waals surface area contributed by atoms with Crippen molar-refractivity contribution in [3.63, 3.8) is 0 Å². The van der Waals surface area contributed by atoms with E-state index in [4.69, 9.17) is 0 Å². The van der Waals surface area contributed by atoms with Gasteiger partial charge in [0, 0.05) is 0 Å². The summed E-state index contributed by atoms with van der Waals surface area (Å²) in [5.74, 6) is 5.63. The van der Waals surface area contributed by atoms with Crippen molar-refractivity contribution in [2.75, 3.05) is 0 Å². The van der Waals surface area contributed by atoms with Crippen molar-refractivity contribution in [2.45, 2.75) is 114 Å². The van der Waals surface area contributed by atoms with Crippen LogP contribution in [-0.2, 0) is 16.2 Å². The molecule has 0 nitrogen and oxygen atoms in total. The first-order chi connectivity index (χ1) is 45.1. The standard InChI is InChI=1S/C54H50.C38H30/c1-3-11-41-39(9-1)47(17-19-49(41)53-27-33-21-34(28-53)23-35(22-33)29-53)51-43-13-5-7-15-45(43)52(46-16-8-6-14-44(46)51)48-18-20-50(42-12-4-2-10-40(42)48)54-30-36-24-37(31-54)26-38(25-36)32-54;1-38(2,3)35-24-23-34(27-16-6-7-17-28(27)35)37-32-20-10-8-18-30(32)36(31-19-9-11-21-33(31)37)29-22-12-14-25-13-4-5-15-26(25)29/h1-20,33-38H,21-32H2;4-24H,1-3H3. The smallest absolute Gasteiger partial charge is 0.00201 e. The first-order valence-corrected chi connectivity index (χ1v) is 35.1. The average Bonchev–Trinajstić information content (AvgIpc) is 0.730. The number of rotatable bonds is 6. The molecule has 0 spiro atoms. The van der Waals surface area contributed by atoms with Gasteiger partial charge < -0.3 is 0 Å². The van der Waals surface area contributed by atoms with Crippen LogP contribution in [0.15, 0.2) is 249 Å². The van der Waals surface area contributed by atoms with Crippen molar-refractivity contribution in [3.05, 3.63) is 265 Å². The quantitative estimate of drug-likeness (QED) is 0.146. The van der Waals surface area contributed by atoms with E-state index in [9.17, 15) is 0 Å². The van der Waals surface area contributed by atoms with Gasteiger partial charge in [-0.2, -0.15) is 0 Å². The summed E-state index contributed by atoms with van der Waals surface area (Å²) in [6, 6.07) is 94.9. The first kappa shape index (κ1) is 54.9. The SMILES string of the molecule is CC(C)(C)c1ccc(-c2c3ccccc3c(-c3cccc4ccccc34)c3ccccc23)c2ccccc12.c1ccc2c(C34CC5CC(CC(C5)C3)C4)ccc(-c3c4ccccc4c(-c4ccc(C56CC7CC(CC(C7)C5)C6)c5ccccc45)c4ccccc34)c2c1. The monoisotopic (exact) mass is 1180 g/mol. The molecule has 8 aliphatic carbocycles. The van der Waals surface area contributed by atoms with Crippen LogP contribution in [0.1, 0.15) is 115 Å². The summed E-state index contributed by atoms with van der Waals surface area (Å²) in [4.78, 5) is 0. The number of benzene rings is 14.